The van der Waals surface area contributed by atoms with Gasteiger partial charge in [-0.3, -0.25) is 4.79 Å². The van der Waals surface area contributed by atoms with Crippen LogP contribution in [0.15, 0.2) is 30.3 Å². The Morgan fingerprint density at radius 2 is 1.61 bits per heavy atom. The third-order valence-corrected chi connectivity index (χ3v) is 2.52. The maximum atomic E-state index is 12.3. The van der Waals surface area contributed by atoms with Crippen LogP contribution in [0.4, 0.5) is 0 Å². The lowest BCUT2D eigenvalue weighted by atomic mass is 9.82. The molecule has 18 heavy (non-hydrogen) atoms. The van der Waals surface area contributed by atoms with Crippen LogP contribution < -0.4 is 5.73 Å². The van der Waals surface area contributed by atoms with Gasteiger partial charge in [0.1, 0.15) is 5.60 Å². The molecule has 0 heterocycles. The van der Waals surface area contributed by atoms with E-state index in [2.05, 4.69) is 0 Å². The van der Waals surface area contributed by atoms with Crippen molar-refractivity contribution in [1.82, 2.24) is 0 Å². The Kier molecular flexibility index (Phi) is 4.17. The monoisotopic (exact) mass is 249 g/mol. The molecule has 1 aromatic carbocycles. The normalized spacial score (nSPS) is 14.1. The average Bonchev–Trinajstić information content (AvgIpc) is 2.13. The third-order valence-electron chi connectivity index (χ3n) is 2.52. The molecule has 1 atom stereocenters. The Morgan fingerprint density at radius 3 is 2.00 bits per heavy atom. The van der Waals surface area contributed by atoms with Crippen molar-refractivity contribution in [3.63, 3.8) is 0 Å². The van der Waals surface area contributed by atoms with Crippen molar-refractivity contribution in [1.29, 1.82) is 0 Å². The molecule has 3 heteroatoms. The summed E-state index contributed by atoms with van der Waals surface area (Å²) in [6.45, 7) is 9.26. The second kappa shape index (κ2) is 5.11. The number of ether oxygens (including phenoxy) is 1. The van der Waals surface area contributed by atoms with Gasteiger partial charge >= 0.3 is 5.97 Å². The van der Waals surface area contributed by atoms with Gasteiger partial charge in [0.25, 0.3) is 0 Å². The van der Waals surface area contributed by atoms with Crippen molar-refractivity contribution in [2.75, 3.05) is 0 Å². The molecule has 2 N–H and O–H groups in total. The minimum Gasteiger partial charge on any atom is -0.459 e. The quantitative estimate of drug-likeness (QED) is 0.838. The fourth-order valence-electron chi connectivity index (χ4n) is 1.88. The maximum Gasteiger partial charge on any atom is 0.315 e. The second-order valence-electron chi connectivity index (χ2n) is 6.20. The second-order valence-corrected chi connectivity index (χ2v) is 6.20. The van der Waals surface area contributed by atoms with Crippen molar-refractivity contribution in [3.05, 3.63) is 35.9 Å². The van der Waals surface area contributed by atoms with Crippen LogP contribution in [0.5, 0.6) is 0 Å². The molecule has 0 aliphatic carbocycles. The van der Waals surface area contributed by atoms with Crippen molar-refractivity contribution >= 4 is 5.97 Å². The number of esters is 1. The standard InChI is InChI=1S/C15H23NO2/c1-14(2,3)18-13(17)12(15(4,5)16)11-9-7-6-8-10-11/h6-10,12H,16H2,1-5H3. The molecule has 0 amide bonds. The van der Waals surface area contributed by atoms with Crippen molar-refractivity contribution in [2.24, 2.45) is 5.73 Å². The molecule has 3 nitrogen and oxygen atoms in total. The van der Waals surface area contributed by atoms with Gasteiger partial charge in [0.2, 0.25) is 0 Å². The molecule has 0 bridgehead atoms. The molecular weight excluding hydrogens is 226 g/mol. The average molecular weight is 249 g/mol. The predicted octanol–water partition coefficient (Wildman–Crippen LogP) is 2.85. The van der Waals surface area contributed by atoms with Gasteiger partial charge in [0.15, 0.2) is 0 Å². The first-order valence-electron chi connectivity index (χ1n) is 6.18. The number of carbonyl (C=O) groups excluding carboxylic acids is 1. The summed E-state index contributed by atoms with van der Waals surface area (Å²) < 4.78 is 5.46. The van der Waals surface area contributed by atoms with E-state index >= 15 is 0 Å². The number of carbonyl (C=O) groups is 1. The van der Waals surface area contributed by atoms with E-state index in [0.29, 0.717) is 0 Å². The predicted molar refractivity (Wildman–Crippen MR) is 73.3 cm³/mol. The lowest BCUT2D eigenvalue weighted by Gasteiger charge is -2.32. The smallest absolute Gasteiger partial charge is 0.315 e. The summed E-state index contributed by atoms with van der Waals surface area (Å²) in [4.78, 5) is 12.3. The SMILES string of the molecule is CC(C)(C)OC(=O)C(c1ccccc1)C(C)(C)N. The van der Waals surface area contributed by atoms with Gasteiger partial charge in [0, 0.05) is 5.54 Å². The van der Waals surface area contributed by atoms with Gasteiger partial charge in [-0.05, 0) is 40.2 Å². The summed E-state index contributed by atoms with van der Waals surface area (Å²) in [7, 11) is 0. The van der Waals surface area contributed by atoms with Crippen LogP contribution in [0, 0.1) is 0 Å². The topological polar surface area (TPSA) is 52.3 Å². The van der Waals surface area contributed by atoms with Crippen molar-refractivity contribution in [3.8, 4) is 0 Å². The summed E-state index contributed by atoms with van der Waals surface area (Å²) in [5.74, 6) is -0.737. The lowest BCUT2D eigenvalue weighted by Crippen LogP contribution is -2.45. The van der Waals surface area contributed by atoms with Gasteiger partial charge in [-0.25, -0.2) is 0 Å². The van der Waals surface area contributed by atoms with E-state index in [1.807, 2.05) is 65.0 Å². The van der Waals surface area contributed by atoms with E-state index < -0.39 is 17.1 Å². The Labute approximate surface area is 109 Å². The van der Waals surface area contributed by atoms with Crippen LogP contribution in [-0.4, -0.2) is 17.1 Å². The Balaban J connectivity index is 3.05. The first kappa shape index (κ1) is 14.7. The fraction of sp³-hybridized carbons (Fsp3) is 0.533. The van der Waals surface area contributed by atoms with Crippen LogP contribution in [0.2, 0.25) is 0 Å². The van der Waals surface area contributed by atoms with E-state index in [1.165, 1.54) is 0 Å². The van der Waals surface area contributed by atoms with E-state index in [9.17, 15) is 4.79 Å². The fourth-order valence-corrected chi connectivity index (χ4v) is 1.88. The first-order chi connectivity index (χ1) is 8.11. The molecule has 0 saturated heterocycles. The van der Waals surface area contributed by atoms with Crippen molar-refractivity contribution in [2.45, 2.75) is 51.7 Å². The Hall–Kier alpha value is -1.35. The van der Waals surface area contributed by atoms with Crippen LogP contribution >= 0.6 is 0 Å². The van der Waals surface area contributed by atoms with Crippen molar-refractivity contribution < 1.29 is 9.53 Å². The molecule has 0 aromatic heterocycles. The zero-order valence-corrected chi connectivity index (χ0v) is 11.9. The molecule has 1 unspecified atom stereocenters. The zero-order chi connectivity index (χ0) is 14.0. The minimum absolute atomic E-state index is 0.277. The molecule has 0 aliphatic rings. The van der Waals surface area contributed by atoms with E-state index in [1.54, 1.807) is 0 Å². The summed E-state index contributed by atoms with van der Waals surface area (Å²) in [6, 6.07) is 9.53. The van der Waals surface area contributed by atoms with Crippen LogP contribution in [0.1, 0.15) is 46.1 Å². The highest BCUT2D eigenvalue weighted by Crippen LogP contribution is 2.29. The molecule has 0 aliphatic heterocycles. The largest absolute Gasteiger partial charge is 0.459 e. The number of rotatable bonds is 3. The zero-order valence-electron chi connectivity index (χ0n) is 11.9. The van der Waals surface area contributed by atoms with Gasteiger partial charge in [-0.15, -0.1) is 0 Å². The highest BCUT2D eigenvalue weighted by molar-refractivity contribution is 5.80. The molecule has 100 valence electrons. The van der Waals surface area contributed by atoms with E-state index in [0.717, 1.165) is 5.56 Å². The molecule has 1 rings (SSSR count). The van der Waals surface area contributed by atoms with Gasteiger partial charge < -0.3 is 10.5 Å². The van der Waals surface area contributed by atoms with Gasteiger partial charge in [-0.1, -0.05) is 30.3 Å². The highest BCUT2D eigenvalue weighted by Gasteiger charge is 2.36. The number of hydrogen-bond donors (Lipinski definition) is 1. The summed E-state index contributed by atoms with van der Waals surface area (Å²) in [5, 5.41) is 0. The first-order valence-corrected chi connectivity index (χ1v) is 6.18. The van der Waals surface area contributed by atoms with Crippen LogP contribution in [0.25, 0.3) is 0 Å². The minimum atomic E-state index is -0.663. The van der Waals surface area contributed by atoms with E-state index in [-0.39, 0.29) is 5.97 Å². The number of benzene rings is 1. The third kappa shape index (κ3) is 4.15. The number of nitrogens with two attached hydrogens (primary N) is 1. The molecular formula is C15H23NO2. The summed E-state index contributed by atoms with van der Waals surface area (Å²) in [6.07, 6.45) is 0. The number of hydrogen-bond acceptors (Lipinski definition) is 3. The Morgan fingerprint density at radius 1 is 1.11 bits per heavy atom. The van der Waals surface area contributed by atoms with E-state index in [4.69, 9.17) is 10.5 Å². The van der Waals surface area contributed by atoms with Gasteiger partial charge in [-0.2, -0.15) is 0 Å². The summed E-state index contributed by atoms with van der Waals surface area (Å²) >= 11 is 0. The van der Waals surface area contributed by atoms with Gasteiger partial charge in [0.05, 0.1) is 5.92 Å². The highest BCUT2D eigenvalue weighted by atomic mass is 16.6. The van der Waals surface area contributed by atoms with Crippen LogP contribution in [-0.2, 0) is 9.53 Å². The Bertz CT molecular complexity index is 399. The van der Waals surface area contributed by atoms with Crippen LogP contribution in [0.3, 0.4) is 0 Å². The molecule has 0 radical (unpaired) electrons. The molecule has 0 spiro atoms. The molecule has 0 saturated carbocycles. The summed E-state index contributed by atoms with van der Waals surface area (Å²) in [5.41, 5.74) is 5.85. The molecule has 1 aromatic rings. The molecule has 0 fully saturated rings. The lowest BCUT2D eigenvalue weighted by molar-refractivity contribution is -0.158. The maximum absolute atomic E-state index is 12.3.